The molecule has 4 heavy (non-hydrogen) atoms. The highest BCUT2D eigenvalue weighted by Crippen LogP contribution is 0.861. The molecule has 0 aliphatic rings. The molecule has 0 aromatic heterocycles. The first kappa shape index (κ1) is 163. The van der Waals surface area contributed by atoms with Crippen molar-refractivity contribution in [1.82, 2.24) is 0 Å². The van der Waals surface area contributed by atoms with Crippen LogP contribution in [0.1, 0.15) is 7.43 Å². The molecule has 0 aromatic rings. The first-order chi connectivity index (χ1) is 0. The lowest BCUT2D eigenvalue weighted by molar-refractivity contribution is 0.824. The first-order valence-electron chi connectivity index (χ1n) is 0. The molecule has 0 saturated heterocycles. The predicted molar refractivity (Wildman–Crippen MR) is 32.8 cm³/mol. The van der Waals surface area contributed by atoms with E-state index in [1.807, 2.05) is 0 Å². The van der Waals surface area contributed by atoms with E-state index < -0.39 is 0 Å². The molecule has 0 aliphatic heterocycles. The van der Waals surface area contributed by atoms with Crippen LogP contribution >= 0.6 is 9.90 Å². The van der Waals surface area contributed by atoms with Crippen LogP contribution in [0.4, 0.5) is 0 Å². The van der Waals surface area contributed by atoms with Crippen molar-refractivity contribution < 1.29 is 5.48 Å². The van der Waals surface area contributed by atoms with Crippen molar-refractivity contribution in [3.63, 3.8) is 0 Å². The molecule has 0 aliphatic carbocycles. The molecule has 32 valence electrons. The van der Waals surface area contributed by atoms with Crippen LogP contribution in [0.25, 0.3) is 0 Å². The molecule has 0 heterocycles. The minimum absolute atomic E-state index is 0. The van der Waals surface area contributed by atoms with Crippen LogP contribution in [-0.4, -0.2) is 16.4 Å². The maximum Gasteiger partial charge on any atom is -0.0149 e. The molecular formula is CH13OPSi. The van der Waals surface area contributed by atoms with Gasteiger partial charge in [0.15, 0.2) is 0 Å². The quantitative estimate of drug-likeness (QED) is 0.260. The minimum Gasteiger partial charge on any atom is -0.412 e. The fourth-order valence-corrected chi connectivity index (χ4v) is 0. The first-order valence-corrected chi connectivity index (χ1v) is 0. The van der Waals surface area contributed by atoms with Gasteiger partial charge in [-0.3, -0.25) is 0 Å². The monoisotopic (exact) mass is 100 g/mol. The van der Waals surface area contributed by atoms with Crippen molar-refractivity contribution in [3.05, 3.63) is 0 Å². The van der Waals surface area contributed by atoms with Crippen LogP contribution < -0.4 is 0 Å². The number of hydrogen-bond donors (Lipinski definition) is 0. The Balaban J connectivity index is 0. The summed E-state index contributed by atoms with van der Waals surface area (Å²) in [5.41, 5.74) is 0. The number of hydrogen-bond acceptors (Lipinski definition) is 0. The molecule has 3 heteroatoms. The Bertz CT molecular complexity index is 8.00. The zero-order valence-electron chi connectivity index (χ0n) is 1.21. The van der Waals surface area contributed by atoms with Crippen LogP contribution in [0.5, 0.6) is 0 Å². The number of rotatable bonds is 0. The van der Waals surface area contributed by atoms with Crippen molar-refractivity contribution in [2.24, 2.45) is 0 Å². The largest absolute Gasteiger partial charge is 0.412 e. The van der Waals surface area contributed by atoms with E-state index in [-0.39, 0.29) is 33.8 Å². The Labute approximate surface area is 34.7 Å². The second-order valence-corrected chi connectivity index (χ2v) is 0. The standard InChI is InChI=1S/CH4.H2O.H3P.H4Si/h1H4;1H2;1H3;1H4. The summed E-state index contributed by atoms with van der Waals surface area (Å²) < 4.78 is 0. The van der Waals surface area contributed by atoms with E-state index in [0.717, 1.165) is 0 Å². The van der Waals surface area contributed by atoms with Gasteiger partial charge in [-0.2, -0.15) is 9.90 Å². The lowest BCUT2D eigenvalue weighted by Gasteiger charge is -0.412. The summed E-state index contributed by atoms with van der Waals surface area (Å²) >= 11 is 0. The van der Waals surface area contributed by atoms with Crippen LogP contribution in [0.2, 0.25) is 0 Å². The highest BCUT2D eigenvalue weighted by molar-refractivity contribution is 6.92. The van der Waals surface area contributed by atoms with Gasteiger partial charge in [0.1, 0.15) is 0 Å². The van der Waals surface area contributed by atoms with Gasteiger partial charge in [0, 0.05) is 0 Å². The molecule has 0 rings (SSSR count). The van der Waals surface area contributed by atoms with Gasteiger partial charge >= 0.3 is 0 Å². The maximum atomic E-state index is 0. The molecule has 0 bridgehead atoms. The normalized spacial score (nSPS) is 0. The summed E-state index contributed by atoms with van der Waals surface area (Å²) in [5.74, 6) is 0. The average molecular weight is 100 g/mol. The van der Waals surface area contributed by atoms with Gasteiger partial charge in [0.25, 0.3) is 0 Å². The van der Waals surface area contributed by atoms with Crippen LogP contribution in [0.3, 0.4) is 0 Å². The van der Waals surface area contributed by atoms with Crippen LogP contribution in [0, 0.1) is 0 Å². The van der Waals surface area contributed by atoms with E-state index in [1.165, 1.54) is 0 Å². The molecule has 1 nitrogen and oxygen atoms in total. The van der Waals surface area contributed by atoms with E-state index in [0.29, 0.717) is 0 Å². The second-order valence-electron chi connectivity index (χ2n) is 0. The summed E-state index contributed by atoms with van der Waals surface area (Å²) in [6.45, 7) is 0. The van der Waals surface area contributed by atoms with Gasteiger partial charge in [-0.05, 0) is 11.0 Å². The van der Waals surface area contributed by atoms with Crippen LogP contribution in [0.15, 0.2) is 0 Å². The van der Waals surface area contributed by atoms with Crippen molar-refractivity contribution in [1.29, 1.82) is 0 Å². The molecule has 0 radical (unpaired) electrons. The summed E-state index contributed by atoms with van der Waals surface area (Å²) in [4.78, 5) is 0. The third-order valence-electron chi connectivity index (χ3n) is 0. The van der Waals surface area contributed by atoms with Crippen molar-refractivity contribution >= 4 is 20.9 Å². The predicted octanol–water partition coefficient (Wildman–Crippen LogP) is -1.58. The SMILES string of the molecule is C.O.P.[SiH4]. The van der Waals surface area contributed by atoms with Crippen molar-refractivity contribution in [2.45, 2.75) is 7.43 Å². The third-order valence-corrected chi connectivity index (χ3v) is 0. The molecule has 0 spiro atoms. The molecular weight excluding hydrogens is 87.1 g/mol. The summed E-state index contributed by atoms with van der Waals surface area (Å²) in [5, 5.41) is 0. The average Bonchev–Trinajstić information content (AvgIpc) is 0. The van der Waals surface area contributed by atoms with Gasteiger partial charge in [-0.15, -0.1) is 0 Å². The zero-order valence-corrected chi connectivity index (χ0v) is 2.62. The Morgan fingerprint density at radius 2 is 1.00 bits per heavy atom. The molecule has 0 amide bonds. The molecule has 0 aromatic carbocycles. The van der Waals surface area contributed by atoms with Crippen LogP contribution in [-0.2, 0) is 0 Å². The Hall–Kier alpha value is 0.607. The summed E-state index contributed by atoms with van der Waals surface area (Å²) in [6, 6.07) is 0. The molecule has 0 saturated carbocycles. The van der Waals surface area contributed by atoms with Crippen molar-refractivity contribution in [2.75, 3.05) is 0 Å². The fraction of sp³-hybridized carbons (Fsp3) is 1.00. The molecule has 1 unspecified atom stereocenters. The summed E-state index contributed by atoms with van der Waals surface area (Å²) in [7, 11) is 0. The topological polar surface area (TPSA) is 31.5 Å². The maximum absolute atomic E-state index is 0. The van der Waals surface area contributed by atoms with E-state index >= 15 is 0 Å². The second kappa shape index (κ2) is 66.6. The minimum atomic E-state index is 0. The van der Waals surface area contributed by atoms with Gasteiger partial charge in [-0.1, -0.05) is 7.43 Å². The Morgan fingerprint density at radius 1 is 1.00 bits per heavy atom. The lowest BCUT2D eigenvalue weighted by Crippen LogP contribution is -0.381. The van der Waals surface area contributed by atoms with Gasteiger partial charge < -0.3 is 5.48 Å². The summed E-state index contributed by atoms with van der Waals surface area (Å²) in [6.07, 6.45) is 0. The third kappa shape index (κ3) is 18.3. The van der Waals surface area contributed by atoms with Gasteiger partial charge in [0.2, 0.25) is 0 Å². The fourth-order valence-electron chi connectivity index (χ4n) is 0. The van der Waals surface area contributed by atoms with Crippen molar-refractivity contribution in [3.8, 4) is 0 Å². The highest BCUT2D eigenvalue weighted by atomic mass is 31.0. The lowest BCUT2D eigenvalue weighted by atomic mass is 12.0. The van der Waals surface area contributed by atoms with E-state index in [9.17, 15) is 0 Å². The zero-order chi connectivity index (χ0) is 0. The van der Waals surface area contributed by atoms with Gasteiger partial charge in [0.05, 0.1) is 0 Å². The van der Waals surface area contributed by atoms with E-state index in [1.54, 1.807) is 0 Å². The van der Waals surface area contributed by atoms with E-state index in [4.69, 9.17) is 0 Å². The highest BCUT2D eigenvalue weighted by Gasteiger charge is -0.0148. The van der Waals surface area contributed by atoms with Gasteiger partial charge in [-0.25, -0.2) is 0 Å². The van der Waals surface area contributed by atoms with E-state index in [2.05, 4.69) is 0 Å². The molecule has 0 fully saturated rings. The Kier molecular flexibility index (Phi) is 2710. The molecule has 1 atom stereocenters. The Morgan fingerprint density at radius 3 is 1.00 bits per heavy atom. The molecule has 2 N–H and O–H groups in total. The smallest absolute Gasteiger partial charge is 0.0149 e.